The quantitative estimate of drug-likeness (QED) is 0.719. The summed E-state index contributed by atoms with van der Waals surface area (Å²) in [6.45, 7) is 0. The summed E-state index contributed by atoms with van der Waals surface area (Å²) in [5.74, 6) is -0.800. The summed E-state index contributed by atoms with van der Waals surface area (Å²) in [5, 5.41) is 0. The van der Waals surface area contributed by atoms with Crippen LogP contribution in [-0.2, 0) is 4.79 Å². The van der Waals surface area contributed by atoms with Crippen molar-refractivity contribution in [1.29, 1.82) is 0 Å². The third-order valence-corrected chi connectivity index (χ3v) is 2.95. The van der Waals surface area contributed by atoms with Crippen LogP contribution in [0.1, 0.15) is 36.0 Å². The summed E-state index contributed by atoms with van der Waals surface area (Å²) in [6, 6.07) is 1.40. The van der Waals surface area contributed by atoms with Gasteiger partial charge in [-0.2, -0.15) is 0 Å². The van der Waals surface area contributed by atoms with Gasteiger partial charge in [-0.05, 0) is 18.9 Å². The molecule has 0 N–H and O–H groups in total. The highest BCUT2D eigenvalue weighted by Gasteiger charge is 2.27. The highest BCUT2D eigenvalue weighted by molar-refractivity contribution is 5.99. The van der Waals surface area contributed by atoms with Gasteiger partial charge in [0.2, 0.25) is 0 Å². The van der Waals surface area contributed by atoms with Gasteiger partial charge in [-0.15, -0.1) is 0 Å². The van der Waals surface area contributed by atoms with E-state index in [1.165, 1.54) is 12.3 Å². The predicted molar refractivity (Wildman–Crippen MR) is 55.5 cm³/mol. The van der Waals surface area contributed by atoms with Crippen LogP contribution in [0.25, 0.3) is 0 Å². The minimum absolute atomic E-state index is 0.0920. The summed E-state index contributed by atoms with van der Waals surface area (Å²) in [4.78, 5) is 26.6. The number of rotatable bonds is 2. The van der Waals surface area contributed by atoms with Crippen LogP contribution in [0.5, 0.6) is 0 Å². The van der Waals surface area contributed by atoms with E-state index in [1.807, 2.05) is 0 Å². The van der Waals surface area contributed by atoms with Crippen LogP contribution >= 0.6 is 0 Å². The number of hydrogen-bond donors (Lipinski definition) is 0. The van der Waals surface area contributed by atoms with Crippen LogP contribution in [0.3, 0.4) is 0 Å². The lowest BCUT2D eigenvalue weighted by molar-refractivity contribution is -0.120. The molecule has 84 valence electrons. The Balaban J connectivity index is 2.14. The number of carbonyl (C=O) groups excluding carboxylic acids is 2. The Labute approximate surface area is 92.7 Å². The van der Waals surface area contributed by atoms with E-state index in [0.717, 1.165) is 6.20 Å². The van der Waals surface area contributed by atoms with E-state index in [2.05, 4.69) is 4.98 Å². The molecular formula is C12H12FNO2. The van der Waals surface area contributed by atoms with E-state index in [1.54, 1.807) is 0 Å². The van der Waals surface area contributed by atoms with Crippen molar-refractivity contribution in [1.82, 2.24) is 4.98 Å². The molecule has 1 aromatic rings. The zero-order valence-corrected chi connectivity index (χ0v) is 8.78. The molecule has 0 aromatic carbocycles. The molecule has 1 saturated carbocycles. The Bertz CT molecular complexity index is 421. The van der Waals surface area contributed by atoms with Gasteiger partial charge in [0.05, 0.1) is 11.8 Å². The molecule has 0 bridgehead atoms. The van der Waals surface area contributed by atoms with Crippen molar-refractivity contribution >= 4 is 11.6 Å². The van der Waals surface area contributed by atoms with Gasteiger partial charge in [0.25, 0.3) is 0 Å². The molecule has 0 unspecified atom stereocenters. The number of pyridine rings is 1. The maximum absolute atomic E-state index is 13.3. The first-order valence-corrected chi connectivity index (χ1v) is 5.34. The van der Waals surface area contributed by atoms with Crippen LogP contribution in [0.15, 0.2) is 18.5 Å². The van der Waals surface area contributed by atoms with Crippen molar-refractivity contribution < 1.29 is 14.0 Å². The minimum Gasteiger partial charge on any atom is -0.300 e. The van der Waals surface area contributed by atoms with Gasteiger partial charge >= 0.3 is 0 Å². The lowest BCUT2D eigenvalue weighted by Crippen LogP contribution is -2.22. The first-order valence-electron chi connectivity index (χ1n) is 5.34. The standard InChI is InChI=1S/C12H12FNO2/c13-11-7-14-6-5-10(11)12(16)8-1-3-9(15)4-2-8/h5-8H,1-4H2. The van der Waals surface area contributed by atoms with Crippen molar-refractivity contribution in [3.8, 4) is 0 Å². The fraction of sp³-hybridized carbons (Fsp3) is 0.417. The molecule has 0 radical (unpaired) electrons. The Morgan fingerprint density at radius 1 is 1.38 bits per heavy atom. The van der Waals surface area contributed by atoms with E-state index >= 15 is 0 Å². The molecule has 1 aromatic heterocycles. The van der Waals surface area contributed by atoms with Gasteiger partial charge in [0.15, 0.2) is 11.6 Å². The highest BCUT2D eigenvalue weighted by Crippen LogP contribution is 2.25. The molecule has 3 nitrogen and oxygen atoms in total. The smallest absolute Gasteiger partial charge is 0.169 e. The maximum Gasteiger partial charge on any atom is 0.169 e. The molecule has 1 fully saturated rings. The molecule has 0 aliphatic heterocycles. The highest BCUT2D eigenvalue weighted by atomic mass is 19.1. The van der Waals surface area contributed by atoms with E-state index < -0.39 is 5.82 Å². The Morgan fingerprint density at radius 3 is 2.69 bits per heavy atom. The number of hydrogen-bond acceptors (Lipinski definition) is 3. The molecule has 1 heterocycles. The minimum atomic E-state index is -0.579. The third kappa shape index (κ3) is 2.15. The summed E-state index contributed by atoms with van der Waals surface area (Å²) in [5.41, 5.74) is 0.0920. The van der Waals surface area contributed by atoms with Crippen molar-refractivity contribution in [2.24, 2.45) is 5.92 Å². The molecule has 2 rings (SSSR count). The van der Waals surface area contributed by atoms with E-state index in [0.29, 0.717) is 25.7 Å². The monoisotopic (exact) mass is 221 g/mol. The van der Waals surface area contributed by atoms with Gasteiger partial charge < -0.3 is 0 Å². The normalized spacial score (nSPS) is 17.4. The van der Waals surface area contributed by atoms with Gasteiger partial charge in [-0.3, -0.25) is 14.6 Å². The van der Waals surface area contributed by atoms with Crippen LogP contribution in [0.2, 0.25) is 0 Å². The second-order valence-electron chi connectivity index (χ2n) is 4.03. The van der Waals surface area contributed by atoms with Crippen LogP contribution in [0, 0.1) is 11.7 Å². The SMILES string of the molecule is O=C1CCC(C(=O)c2ccncc2F)CC1. The predicted octanol–water partition coefficient (Wildman–Crippen LogP) is 2.16. The molecule has 16 heavy (non-hydrogen) atoms. The Hall–Kier alpha value is -1.58. The first kappa shape index (κ1) is 10.9. The number of carbonyl (C=O) groups is 2. The fourth-order valence-electron chi connectivity index (χ4n) is 2.00. The number of nitrogens with zero attached hydrogens (tertiary/aromatic N) is 1. The number of ketones is 2. The van der Waals surface area contributed by atoms with Gasteiger partial charge in [-0.1, -0.05) is 0 Å². The lowest BCUT2D eigenvalue weighted by atomic mass is 9.83. The van der Waals surface area contributed by atoms with Crippen LogP contribution in [0.4, 0.5) is 4.39 Å². The van der Waals surface area contributed by atoms with Crippen molar-refractivity contribution in [3.63, 3.8) is 0 Å². The largest absolute Gasteiger partial charge is 0.300 e. The molecule has 0 atom stereocenters. The zero-order chi connectivity index (χ0) is 11.5. The molecule has 0 saturated heterocycles. The number of Topliss-reactive ketones (excluding diaryl/α,β-unsaturated/α-hetero) is 2. The van der Waals surface area contributed by atoms with Crippen LogP contribution < -0.4 is 0 Å². The second kappa shape index (κ2) is 4.51. The number of aromatic nitrogens is 1. The zero-order valence-electron chi connectivity index (χ0n) is 8.78. The van der Waals surface area contributed by atoms with E-state index in [4.69, 9.17) is 0 Å². The molecule has 1 aliphatic carbocycles. The summed E-state index contributed by atoms with van der Waals surface area (Å²) >= 11 is 0. The van der Waals surface area contributed by atoms with Crippen LogP contribution in [-0.4, -0.2) is 16.6 Å². The second-order valence-corrected chi connectivity index (χ2v) is 4.03. The van der Waals surface area contributed by atoms with Crippen molar-refractivity contribution in [2.45, 2.75) is 25.7 Å². The summed E-state index contributed by atoms with van der Waals surface area (Å²) in [7, 11) is 0. The van der Waals surface area contributed by atoms with Gasteiger partial charge in [0.1, 0.15) is 5.78 Å². The van der Waals surface area contributed by atoms with E-state index in [-0.39, 0.29) is 23.0 Å². The summed E-state index contributed by atoms with van der Waals surface area (Å²) < 4.78 is 13.3. The third-order valence-electron chi connectivity index (χ3n) is 2.95. The average molecular weight is 221 g/mol. The molecule has 0 spiro atoms. The van der Waals surface area contributed by atoms with Gasteiger partial charge in [0, 0.05) is 25.0 Å². The topological polar surface area (TPSA) is 47.0 Å². The molecule has 4 heteroatoms. The molecular weight excluding hydrogens is 209 g/mol. The Kier molecular flexibility index (Phi) is 3.08. The molecule has 0 amide bonds. The van der Waals surface area contributed by atoms with Crippen molar-refractivity contribution in [2.75, 3.05) is 0 Å². The van der Waals surface area contributed by atoms with E-state index in [9.17, 15) is 14.0 Å². The van der Waals surface area contributed by atoms with Gasteiger partial charge in [-0.25, -0.2) is 4.39 Å². The average Bonchev–Trinajstić information content (AvgIpc) is 2.30. The molecule has 1 aliphatic rings. The first-order chi connectivity index (χ1) is 7.68. The Morgan fingerprint density at radius 2 is 2.06 bits per heavy atom. The lowest BCUT2D eigenvalue weighted by Gasteiger charge is -2.19. The fourth-order valence-corrected chi connectivity index (χ4v) is 2.00. The summed E-state index contributed by atoms with van der Waals surface area (Å²) in [6.07, 6.45) is 4.40. The number of halogens is 1. The van der Waals surface area contributed by atoms with Crippen molar-refractivity contribution in [3.05, 3.63) is 29.8 Å². The maximum atomic E-state index is 13.3.